The van der Waals surface area contributed by atoms with Gasteiger partial charge in [0, 0.05) is 12.1 Å². The van der Waals surface area contributed by atoms with Gasteiger partial charge >= 0.3 is 0 Å². The Balaban J connectivity index is 2.17. The zero-order valence-electron chi connectivity index (χ0n) is 9.72. The molecule has 0 heterocycles. The van der Waals surface area contributed by atoms with Gasteiger partial charge in [-0.15, -0.1) is 0 Å². The van der Waals surface area contributed by atoms with Crippen molar-refractivity contribution in [3.05, 3.63) is 81.4 Å². The average Bonchev–Trinajstić information content (AvgIpc) is 2.38. The first kappa shape index (κ1) is 10.7. The highest BCUT2D eigenvalue weighted by Gasteiger charge is 2.20. The van der Waals surface area contributed by atoms with Gasteiger partial charge in [-0.2, -0.15) is 0 Å². The third-order valence-electron chi connectivity index (χ3n) is 3.35. The van der Waals surface area contributed by atoms with Crippen LogP contribution in [-0.2, 0) is 6.42 Å². The SMILES string of the molecule is C=C1c2ccccc2Cc2ccc([N+](=O)[O-])cc21. The van der Waals surface area contributed by atoms with E-state index in [0.29, 0.717) is 0 Å². The van der Waals surface area contributed by atoms with E-state index in [1.54, 1.807) is 12.1 Å². The van der Waals surface area contributed by atoms with Crippen molar-refractivity contribution in [1.82, 2.24) is 0 Å². The van der Waals surface area contributed by atoms with Crippen LogP contribution in [0.2, 0.25) is 0 Å². The van der Waals surface area contributed by atoms with Crippen LogP contribution in [0.1, 0.15) is 22.3 Å². The van der Waals surface area contributed by atoms with Crippen molar-refractivity contribution in [2.45, 2.75) is 6.42 Å². The Bertz CT molecular complexity index is 674. The molecule has 0 fully saturated rings. The van der Waals surface area contributed by atoms with Gasteiger partial charge in [0.2, 0.25) is 0 Å². The minimum atomic E-state index is -0.367. The summed E-state index contributed by atoms with van der Waals surface area (Å²) in [5.41, 5.74) is 5.30. The molecule has 0 aromatic heterocycles. The summed E-state index contributed by atoms with van der Waals surface area (Å²) in [7, 11) is 0. The van der Waals surface area contributed by atoms with Crippen LogP contribution in [0.4, 0.5) is 5.69 Å². The number of nitro benzene ring substituents is 1. The summed E-state index contributed by atoms with van der Waals surface area (Å²) in [6.07, 6.45) is 0.808. The number of nitrogens with zero attached hydrogens (tertiary/aromatic N) is 1. The van der Waals surface area contributed by atoms with Gasteiger partial charge < -0.3 is 0 Å². The van der Waals surface area contributed by atoms with Crippen molar-refractivity contribution in [2.75, 3.05) is 0 Å². The van der Waals surface area contributed by atoms with Crippen molar-refractivity contribution in [2.24, 2.45) is 0 Å². The molecule has 2 aromatic carbocycles. The molecule has 3 rings (SSSR count). The minimum absolute atomic E-state index is 0.120. The first-order chi connectivity index (χ1) is 8.66. The zero-order valence-corrected chi connectivity index (χ0v) is 9.72. The fourth-order valence-electron chi connectivity index (χ4n) is 2.43. The van der Waals surface area contributed by atoms with E-state index in [1.807, 2.05) is 24.3 Å². The Kier molecular flexibility index (Phi) is 2.27. The van der Waals surface area contributed by atoms with E-state index in [2.05, 4.69) is 12.6 Å². The van der Waals surface area contributed by atoms with Crippen LogP contribution >= 0.6 is 0 Å². The van der Waals surface area contributed by atoms with Crippen LogP contribution in [0, 0.1) is 10.1 Å². The normalized spacial score (nSPS) is 12.8. The Morgan fingerprint density at radius 1 is 1.06 bits per heavy atom. The van der Waals surface area contributed by atoms with Gasteiger partial charge in [-0.05, 0) is 34.2 Å². The molecule has 0 aliphatic heterocycles. The highest BCUT2D eigenvalue weighted by molar-refractivity contribution is 5.85. The first-order valence-corrected chi connectivity index (χ1v) is 5.71. The summed E-state index contributed by atoms with van der Waals surface area (Å²) in [4.78, 5) is 10.4. The van der Waals surface area contributed by atoms with E-state index in [1.165, 1.54) is 5.56 Å². The van der Waals surface area contributed by atoms with Crippen LogP contribution in [-0.4, -0.2) is 4.92 Å². The first-order valence-electron chi connectivity index (χ1n) is 5.71. The average molecular weight is 237 g/mol. The predicted molar refractivity (Wildman–Crippen MR) is 70.5 cm³/mol. The third-order valence-corrected chi connectivity index (χ3v) is 3.35. The number of hydrogen-bond acceptors (Lipinski definition) is 2. The highest BCUT2D eigenvalue weighted by atomic mass is 16.6. The van der Waals surface area contributed by atoms with Gasteiger partial charge in [-0.3, -0.25) is 10.1 Å². The second-order valence-electron chi connectivity index (χ2n) is 4.41. The minimum Gasteiger partial charge on any atom is -0.258 e. The van der Waals surface area contributed by atoms with Crippen LogP contribution in [0.15, 0.2) is 49.0 Å². The maximum Gasteiger partial charge on any atom is 0.270 e. The van der Waals surface area contributed by atoms with E-state index < -0.39 is 0 Å². The van der Waals surface area contributed by atoms with E-state index >= 15 is 0 Å². The van der Waals surface area contributed by atoms with Crippen molar-refractivity contribution >= 4 is 11.3 Å². The number of nitro groups is 1. The van der Waals surface area contributed by atoms with Gasteiger partial charge in [-0.1, -0.05) is 36.9 Å². The molecule has 0 N–H and O–H groups in total. The van der Waals surface area contributed by atoms with Crippen molar-refractivity contribution < 1.29 is 4.92 Å². The largest absolute Gasteiger partial charge is 0.270 e. The van der Waals surface area contributed by atoms with Crippen molar-refractivity contribution in [1.29, 1.82) is 0 Å². The van der Waals surface area contributed by atoms with Gasteiger partial charge in [0.1, 0.15) is 0 Å². The van der Waals surface area contributed by atoms with Crippen LogP contribution in [0.25, 0.3) is 5.57 Å². The molecule has 3 heteroatoms. The third kappa shape index (κ3) is 1.52. The van der Waals surface area contributed by atoms with Gasteiger partial charge in [-0.25, -0.2) is 0 Å². The molecule has 0 amide bonds. The highest BCUT2D eigenvalue weighted by Crippen LogP contribution is 2.36. The molecule has 3 nitrogen and oxygen atoms in total. The fraction of sp³-hybridized carbons (Fsp3) is 0.0667. The van der Waals surface area contributed by atoms with Crippen LogP contribution in [0.3, 0.4) is 0 Å². The molecular weight excluding hydrogens is 226 g/mol. The molecule has 0 unspecified atom stereocenters. The fourth-order valence-corrected chi connectivity index (χ4v) is 2.43. The lowest BCUT2D eigenvalue weighted by Crippen LogP contribution is -2.06. The van der Waals surface area contributed by atoms with E-state index in [0.717, 1.165) is 28.7 Å². The van der Waals surface area contributed by atoms with Crippen molar-refractivity contribution in [3.63, 3.8) is 0 Å². The summed E-state index contributed by atoms with van der Waals surface area (Å²) in [6.45, 7) is 4.07. The summed E-state index contributed by atoms with van der Waals surface area (Å²) >= 11 is 0. The number of rotatable bonds is 1. The standard InChI is InChI=1S/C15H11NO2/c1-10-14-5-3-2-4-11(14)8-12-6-7-13(16(17)18)9-15(10)12/h2-7,9H,1,8H2. The molecule has 18 heavy (non-hydrogen) atoms. The molecule has 0 spiro atoms. The summed E-state index contributed by atoms with van der Waals surface area (Å²) in [5.74, 6) is 0. The van der Waals surface area contributed by atoms with Gasteiger partial charge in [0.25, 0.3) is 5.69 Å². The van der Waals surface area contributed by atoms with E-state index in [4.69, 9.17) is 0 Å². The van der Waals surface area contributed by atoms with Gasteiger partial charge in [0.15, 0.2) is 0 Å². The molecule has 2 aromatic rings. The van der Waals surface area contributed by atoms with Crippen molar-refractivity contribution in [3.8, 4) is 0 Å². The molecule has 0 radical (unpaired) electrons. The molecular formula is C15H11NO2. The molecule has 1 aliphatic rings. The lowest BCUT2D eigenvalue weighted by Gasteiger charge is -2.21. The number of non-ortho nitro benzene ring substituents is 1. The van der Waals surface area contributed by atoms with E-state index in [-0.39, 0.29) is 10.6 Å². The Labute approximate surface area is 105 Å². The van der Waals surface area contributed by atoms with Gasteiger partial charge in [0.05, 0.1) is 4.92 Å². The Hall–Kier alpha value is -2.42. The van der Waals surface area contributed by atoms with Crippen LogP contribution in [0.5, 0.6) is 0 Å². The summed E-state index contributed by atoms with van der Waals surface area (Å²) in [5, 5.41) is 10.8. The second-order valence-corrected chi connectivity index (χ2v) is 4.41. The second kappa shape index (κ2) is 3.81. The lowest BCUT2D eigenvalue weighted by atomic mass is 9.83. The topological polar surface area (TPSA) is 43.1 Å². The number of benzene rings is 2. The number of hydrogen-bond donors (Lipinski definition) is 0. The van der Waals surface area contributed by atoms with Crippen LogP contribution < -0.4 is 0 Å². The monoisotopic (exact) mass is 237 g/mol. The molecule has 0 saturated carbocycles. The molecule has 0 bridgehead atoms. The van der Waals surface area contributed by atoms with E-state index in [9.17, 15) is 10.1 Å². The maximum absolute atomic E-state index is 10.8. The molecule has 88 valence electrons. The molecule has 1 aliphatic carbocycles. The summed E-state index contributed by atoms with van der Waals surface area (Å²) in [6, 6.07) is 13.1. The predicted octanol–water partition coefficient (Wildman–Crippen LogP) is 3.56. The maximum atomic E-state index is 10.8. The quantitative estimate of drug-likeness (QED) is 0.479. The Morgan fingerprint density at radius 3 is 2.56 bits per heavy atom. The molecule has 0 saturated heterocycles. The number of fused-ring (bicyclic) bond motifs is 2. The Morgan fingerprint density at radius 2 is 1.78 bits per heavy atom. The smallest absolute Gasteiger partial charge is 0.258 e. The lowest BCUT2D eigenvalue weighted by molar-refractivity contribution is -0.384. The zero-order chi connectivity index (χ0) is 12.7. The molecule has 0 atom stereocenters. The summed E-state index contributed by atoms with van der Waals surface area (Å²) < 4.78 is 0.